The molecule has 156 valence electrons. The van der Waals surface area contributed by atoms with Crippen molar-refractivity contribution in [1.29, 1.82) is 0 Å². The standard InChI is InChI=1S/C24H23N5O2/c1-2-29-20-6-5-15(10-19(20)18-7-8-26-24(31)22(18)29)23(30)28-12-14-3-4-16-13-27-21(25)11-17(16)9-14/h3-6,9-11,13H,2,7-8,12H2,1H3,(H2,25,27)(H,26,31)(H,28,30). The first-order chi connectivity index (χ1) is 15.0. The van der Waals surface area contributed by atoms with Crippen molar-refractivity contribution in [2.24, 2.45) is 0 Å². The first-order valence-corrected chi connectivity index (χ1v) is 10.4. The largest absolute Gasteiger partial charge is 0.384 e. The number of carbonyl (C=O) groups is 2. The van der Waals surface area contributed by atoms with Gasteiger partial charge in [-0.1, -0.05) is 12.1 Å². The molecule has 0 spiro atoms. The van der Waals surface area contributed by atoms with Crippen LogP contribution in [-0.2, 0) is 19.5 Å². The van der Waals surface area contributed by atoms with Gasteiger partial charge in [-0.15, -0.1) is 0 Å². The minimum atomic E-state index is -0.144. The fourth-order valence-corrected chi connectivity index (χ4v) is 4.39. The number of nitrogens with one attached hydrogen (secondary N) is 2. The summed E-state index contributed by atoms with van der Waals surface area (Å²) in [6.45, 7) is 3.75. The van der Waals surface area contributed by atoms with Gasteiger partial charge in [-0.2, -0.15) is 0 Å². The van der Waals surface area contributed by atoms with Crippen molar-refractivity contribution >= 4 is 39.3 Å². The highest BCUT2D eigenvalue weighted by atomic mass is 16.2. The molecular weight excluding hydrogens is 390 g/mol. The van der Waals surface area contributed by atoms with E-state index in [0.717, 1.165) is 39.2 Å². The van der Waals surface area contributed by atoms with E-state index < -0.39 is 0 Å². The van der Waals surface area contributed by atoms with Crippen LogP contribution in [0.1, 0.15) is 38.9 Å². The van der Waals surface area contributed by atoms with Crippen LogP contribution in [0, 0.1) is 0 Å². The van der Waals surface area contributed by atoms with Crippen LogP contribution in [0.3, 0.4) is 0 Å². The SMILES string of the molecule is CCn1c2c(c3cc(C(=O)NCc4ccc5cnc(N)cc5c4)ccc31)CCNC2=O. The van der Waals surface area contributed by atoms with Crippen LogP contribution >= 0.6 is 0 Å². The first kappa shape index (κ1) is 19.1. The van der Waals surface area contributed by atoms with E-state index in [1.807, 2.05) is 54.0 Å². The summed E-state index contributed by atoms with van der Waals surface area (Å²) in [5.74, 6) is 0.282. The molecule has 31 heavy (non-hydrogen) atoms. The van der Waals surface area contributed by atoms with E-state index in [1.165, 1.54) is 0 Å². The summed E-state index contributed by atoms with van der Waals surface area (Å²) < 4.78 is 2.02. The van der Waals surface area contributed by atoms with E-state index in [1.54, 1.807) is 6.20 Å². The van der Waals surface area contributed by atoms with Crippen LogP contribution in [0.4, 0.5) is 5.82 Å². The molecule has 0 radical (unpaired) electrons. The Morgan fingerprint density at radius 3 is 2.90 bits per heavy atom. The van der Waals surface area contributed by atoms with E-state index in [2.05, 4.69) is 15.6 Å². The average Bonchev–Trinajstić information content (AvgIpc) is 3.11. The number of hydrogen-bond donors (Lipinski definition) is 3. The number of nitrogens with two attached hydrogens (primary N) is 1. The van der Waals surface area contributed by atoms with Crippen molar-refractivity contribution in [3.63, 3.8) is 0 Å². The zero-order chi connectivity index (χ0) is 21.5. The maximum absolute atomic E-state index is 12.9. The Kier molecular flexibility index (Phi) is 4.58. The predicted octanol–water partition coefficient (Wildman–Crippen LogP) is 3.01. The first-order valence-electron chi connectivity index (χ1n) is 10.4. The van der Waals surface area contributed by atoms with Gasteiger partial charge in [-0.3, -0.25) is 9.59 Å². The molecule has 0 bridgehead atoms. The summed E-state index contributed by atoms with van der Waals surface area (Å²) in [6, 6.07) is 13.4. The van der Waals surface area contributed by atoms with Crippen molar-refractivity contribution in [2.75, 3.05) is 12.3 Å². The van der Waals surface area contributed by atoms with Gasteiger partial charge in [0.1, 0.15) is 11.5 Å². The van der Waals surface area contributed by atoms with Crippen LogP contribution in [0.15, 0.2) is 48.7 Å². The fraction of sp³-hybridized carbons (Fsp3) is 0.208. The van der Waals surface area contributed by atoms with Crippen LogP contribution < -0.4 is 16.4 Å². The van der Waals surface area contributed by atoms with Crippen molar-refractivity contribution < 1.29 is 9.59 Å². The summed E-state index contributed by atoms with van der Waals surface area (Å²) >= 11 is 0. The van der Waals surface area contributed by atoms with Gasteiger partial charge in [0.15, 0.2) is 0 Å². The molecule has 1 aliphatic heterocycles. The van der Waals surface area contributed by atoms with Crippen LogP contribution in [0.5, 0.6) is 0 Å². The molecule has 2 aromatic carbocycles. The molecule has 3 heterocycles. The maximum atomic E-state index is 12.9. The Balaban J connectivity index is 1.42. The number of hydrogen-bond acceptors (Lipinski definition) is 4. The van der Waals surface area contributed by atoms with E-state index in [-0.39, 0.29) is 11.8 Å². The smallest absolute Gasteiger partial charge is 0.268 e. The molecule has 0 aliphatic carbocycles. The number of amides is 2. The third-order valence-corrected chi connectivity index (χ3v) is 5.88. The minimum absolute atomic E-state index is 0.0440. The predicted molar refractivity (Wildman–Crippen MR) is 121 cm³/mol. The zero-order valence-corrected chi connectivity index (χ0v) is 17.2. The van der Waals surface area contributed by atoms with Crippen LogP contribution in [-0.4, -0.2) is 27.9 Å². The highest BCUT2D eigenvalue weighted by molar-refractivity contribution is 6.05. The van der Waals surface area contributed by atoms with E-state index in [9.17, 15) is 9.59 Å². The molecular formula is C24H23N5O2. The van der Waals surface area contributed by atoms with Crippen LogP contribution in [0.25, 0.3) is 21.7 Å². The topological polar surface area (TPSA) is 102 Å². The van der Waals surface area contributed by atoms with Gasteiger partial charge in [0, 0.05) is 47.7 Å². The number of anilines is 1. The van der Waals surface area contributed by atoms with Gasteiger partial charge in [-0.25, -0.2) is 4.98 Å². The Bertz CT molecular complexity index is 1360. The fourth-order valence-electron chi connectivity index (χ4n) is 4.39. The van der Waals surface area contributed by atoms with E-state index >= 15 is 0 Å². The summed E-state index contributed by atoms with van der Waals surface area (Å²) in [7, 11) is 0. The highest BCUT2D eigenvalue weighted by Gasteiger charge is 2.25. The number of nitrogen functional groups attached to an aromatic ring is 1. The molecule has 7 heteroatoms. The van der Waals surface area contributed by atoms with Gasteiger partial charge in [0.05, 0.1) is 0 Å². The average molecular weight is 413 g/mol. The third-order valence-electron chi connectivity index (χ3n) is 5.88. The monoisotopic (exact) mass is 413 g/mol. The zero-order valence-electron chi connectivity index (χ0n) is 17.2. The van der Waals surface area contributed by atoms with Gasteiger partial charge in [0.2, 0.25) is 0 Å². The molecule has 0 saturated carbocycles. The molecule has 0 atom stereocenters. The van der Waals surface area contributed by atoms with E-state index in [0.29, 0.717) is 36.7 Å². The number of aromatic nitrogens is 2. The Morgan fingerprint density at radius 1 is 1.19 bits per heavy atom. The third kappa shape index (κ3) is 3.28. The summed E-state index contributed by atoms with van der Waals surface area (Å²) in [5, 5.41) is 8.89. The second-order valence-electron chi connectivity index (χ2n) is 7.78. The van der Waals surface area contributed by atoms with Gasteiger partial charge in [0.25, 0.3) is 11.8 Å². The van der Waals surface area contributed by atoms with Crippen LogP contribution in [0.2, 0.25) is 0 Å². The lowest BCUT2D eigenvalue weighted by Crippen LogP contribution is -2.33. The molecule has 1 aliphatic rings. The quantitative estimate of drug-likeness (QED) is 0.479. The Labute approximate surface area is 179 Å². The molecule has 0 saturated heterocycles. The van der Waals surface area contributed by atoms with Crippen molar-refractivity contribution in [3.05, 3.63) is 71.0 Å². The molecule has 0 fully saturated rings. The number of fused-ring (bicyclic) bond motifs is 4. The summed E-state index contributed by atoms with van der Waals surface area (Å²) in [6.07, 6.45) is 2.51. The molecule has 4 N–H and O–H groups in total. The number of rotatable bonds is 4. The summed E-state index contributed by atoms with van der Waals surface area (Å²) in [4.78, 5) is 29.4. The number of aryl methyl sites for hydroxylation is 1. The molecule has 5 rings (SSSR count). The van der Waals surface area contributed by atoms with Crippen molar-refractivity contribution in [3.8, 4) is 0 Å². The number of carbonyl (C=O) groups excluding carboxylic acids is 2. The van der Waals surface area contributed by atoms with Gasteiger partial charge < -0.3 is 20.9 Å². The lowest BCUT2D eigenvalue weighted by Gasteiger charge is -2.15. The lowest BCUT2D eigenvalue weighted by molar-refractivity contribution is 0.0933. The Morgan fingerprint density at radius 2 is 2.06 bits per heavy atom. The molecule has 7 nitrogen and oxygen atoms in total. The highest BCUT2D eigenvalue weighted by Crippen LogP contribution is 2.29. The second kappa shape index (κ2) is 7.43. The normalized spacial score (nSPS) is 13.3. The Hall–Kier alpha value is -3.87. The minimum Gasteiger partial charge on any atom is -0.384 e. The number of nitrogens with zero attached hydrogens (tertiary/aromatic N) is 2. The van der Waals surface area contributed by atoms with Crippen molar-refractivity contribution in [1.82, 2.24) is 20.2 Å². The van der Waals surface area contributed by atoms with Crippen molar-refractivity contribution in [2.45, 2.75) is 26.4 Å². The molecule has 2 aromatic heterocycles. The second-order valence-corrected chi connectivity index (χ2v) is 7.78. The molecule has 4 aromatic rings. The van der Waals surface area contributed by atoms with Gasteiger partial charge in [-0.05, 0) is 60.2 Å². The molecule has 0 unspecified atom stereocenters. The summed E-state index contributed by atoms with van der Waals surface area (Å²) in [5.41, 5.74) is 10.1. The number of pyridine rings is 1. The maximum Gasteiger partial charge on any atom is 0.268 e. The number of benzene rings is 2. The van der Waals surface area contributed by atoms with E-state index in [4.69, 9.17) is 5.73 Å². The van der Waals surface area contributed by atoms with Gasteiger partial charge >= 0.3 is 0 Å². The molecule has 2 amide bonds. The lowest BCUT2D eigenvalue weighted by atomic mass is 10.0.